The molecule has 0 radical (unpaired) electrons. The number of aromatic nitrogens is 2. The Balaban J connectivity index is 1.71. The highest BCUT2D eigenvalue weighted by atomic mass is 19.1. The van der Waals surface area contributed by atoms with Gasteiger partial charge in [-0.15, -0.1) is 0 Å². The van der Waals surface area contributed by atoms with E-state index in [4.69, 9.17) is 0 Å². The van der Waals surface area contributed by atoms with Crippen molar-refractivity contribution < 1.29 is 9.18 Å². The summed E-state index contributed by atoms with van der Waals surface area (Å²) in [5, 5.41) is 0. The number of anilines is 1. The van der Waals surface area contributed by atoms with Crippen molar-refractivity contribution in [2.24, 2.45) is 0 Å². The van der Waals surface area contributed by atoms with E-state index < -0.39 is 0 Å². The number of aromatic amines is 1. The molecular formula is C21H23FN4O. The van der Waals surface area contributed by atoms with Crippen LogP contribution in [0.3, 0.4) is 0 Å². The molecule has 6 heteroatoms. The molecule has 0 spiro atoms. The number of hydrogen-bond donors (Lipinski definition) is 1. The minimum Gasteiger partial charge on any atom is -0.377 e. The number of benzene rings is 2. The van der Waals surface area contributed by atoms with Crippen LogP contribution in [-0.2, 0) is 0 Å². The molecule has 1 saturated heterocycles. The lowest BCUT2D eigenvalue weighted by Crippen LogP contribution is -2.39. The van der Waals surface area contributed by atoms with Crippen molar-refractivity contribution in [2.45, 2.75) is 25.3 Å². The molecule has 3 aromatic rings. The highest BCUT2D eigenvalue weighted by molar-refractivity contribution is 6.00. The molecule has 2 aromatic carbocycles. The Morgan fingerprint density at radius 2 is 2.04 bits per heavy atom. The third-order valence-electron chi connectivity index (χ3n) is 5.16. The van der Waals surface area contributed by atoms with Gasteiger partial charge in [0.25, 0.3) is 5.91 Å². The molecule has 0 aliphatic carbocycles. The molecule has 1 unspecified atom stereocenters. The van der Waals surface area contributed by atoms with Crippen LogP contribution >= 0.6 is 0 Å². The average Bonchev–Trinajstić information content (AvgIpc) is 3.10. The zero-order chi connectivity index (χ0) is 19.0. The van der Waals surface area contributed by atoms with Gasteiger partial charge < -0.3 is 14.8 Å². The number of hydrogen-bond acceptors (Lipinski definition) is 3. The number of carbonyl (C=O) groups is 1. The maximum atomic E-state index is 13.5. The first-order valence-corrected chi connectivity index (χ1v) is 9.27. The molecule has 1 N–H and O–H groups in total. The standard InChI is InChI=1S/C21H23FN4O/c1-25(2)18-8-4-3-7-15(18)21(27)26-12-6-5-9-19(26)20-23-16-11-10-14(22)13-17(16)24-20/h3-4,7-8,10-11,13,19H,5-6,9,12H2,1-2H3,(H,23,24). The molecule has 1 aliphatic rings. The van der Waals surface area contributed by atoms with E-state index in [-0.39, 0.29) is 17.8 Å². The minimum atomic E-state index is -0.297. The fourth-order valence-corrected chi connectivity index (χ4v) is 3.82. The molecule has 1 aromatic heterocycles. The second-order valence-electron chi connectivity index (χ2n) is 7.21. The average molecular weight is 366 g/mol. The summed E-state index contributed by atoms with van der Waals surface area (Å²) in [5.74, 6) is 0.441. The molecule has 0 saturated carbocycles. The van der Waals surface area contributed by atoms with Gasteiger partial charge in [0.15, 0.2) is 0 Å². The molecule has 140 valence electrons. The predicted molar refractivity (Wildman–Crippen MR) is 104 cm³/mol. The van der Waals surface area contributed by atoms with Crippen LogP contribution in [0.15, 0.2) is 42.5 Å². The van der Waals surface area contributed by atoms with Crippen molar-refractivity contribution in [2.75, 3.05) is 25.5 Å². The molecule has 1 aliphatic heterocycles. The first-order valence-electron chi connectivity index (χ1n) is 9.27. The van der Waals surface area contributed by atoms with E-state index in [1.54, 1.807) is 6.07 Å². The van der Waals surface area contributed by atoms with Crippen molar-refractivity contribution >= 4 is 22.6 Å². The van der Waals surface area contributed by atoms with Gasteiger partial charge in [-0.05, 0) is 49.6 Å². The minimum absolute atomic E-state index is 0.00985. The summed E-state index contributed by atoms with van der Waals surface area (Å²) in [5.41, 5.74) is 2.98. The molecule has 4 rings (SSSR count). The molecule has 5 nitrogen and oxygen atoms in total. The number of rotatable bonds is 3. The summed E-state index contributed by atoms with van der Waals surface area (Å²) < 4.78 is 13.5. The Hall–Kier alpha value is -2.89. The van der Waals surface area contributed by atoms with Crippen molar-refractivity contribution in [3.8, 4) is 0 Å². The van der Waals surface area contributed by atoms with E-state index in [0.29, 0.717) is 17.6 Å². The summed E-state index contributed by atoms with van der Waals surface area (Å²) >= 11 is 0. The maximum absolute atomic E-state index is 13.5. The van der Waals surface area contributed by atoms with Crippen molar-refractivity contribution in [1.82, 2.24) is 14.9 Å². The number of fused-ring (bicyclic) bond motifs is 1. The first-order chi connectivity index (χ1) is 13.0. The van der Waals surface area contributed by atoms with Crippen LogP contribution in [-0.4, -0.2) is 41.4 Å². The van der Waals surface area contributed by atoms with Gasteiger partial charge in [0.2, 0.25) is 0 Å². The number of para-hydroxylation sites is 1. The zero-order valence-corrected chi connectivity index (χ0v) is 15.6. The largest absolute Gasteiger partial charge is 0.377 e. The van der Waals surface area contributed by atoms with Gasteiger partial charge in [0, 0.05) is 26.3 Å². The molecule has 0 bridgehead atoms. The number of imidazole rings is 1. The zero-order valence-electron chi connectivity index (χ0n) is 15.6. The fraction of sp³-hybridized carbons (Fsp3) is 0.333. The number of amides is 1. The Bertz CT molecular complexity index is 981. The van der Waals surface area contributed by atoms with Gasteiger partial charge in [-0.3, -0.25) is 4.79 Å². The summed E-state index contributed by atoms with van der Waals surface area (Å²) in [7, 11) is 3.88. The lowest BCUT2D eigenvalue weighted by Gasteiger charge is -2.35. The van der Waals surface area contributed by atoms with Crippen LogP contribution in [0.4, 0.5) is 10.1 Å². The van der Waals surface area contributed by atoms with E-state index in [0.717, 1.165) is 36.3 Å². The summed E-state index contributed by atoms with van der Waals surface area (Å²) in [6.45, 7) is 0.691. The van der Waals surface area contributed by atoms with Crippen molar-refractivity contribution in [3.63, 3.8) is 0 Å². The van der Waals surface area contributed by atoms with Crippen LogP contribution < -0.4 is 4.90 Å². The Kier molecular flexibility index (Phi) is 4.56. The smallest absolute Gasteiger partial charge is 0.256 e. The Labute approximate surface area is 157 Å². The Morgan fingerprint density at radius 1 is 1.22 bits per heavy atom. The van der Waals surface area contributed by atoms with Gasteiger partial charge in [0.1, 0.15) is 11.6 Å². The number of H-pyrrole nitrogens is 1. The third kappa shape index (κ3) is 3.27. The number of halogens is 1. The highest BCUT2D eigenvalue weighted by Crippen LogP contribution is 2.33. The number of likely N-dealkylation sites (tertiary alicyclic amines) is 1. The topological polar surface area (TPSA) is 52.2 Å². The van der Waals surface area contributed by atoms with Gasteiger partial charge >= 0.3 is 0 Å². The molecular weight excluding hydrogens is 343 g/mol. The summed E-state index contributed by atoms with van der Waals surface area (Å²) in [4.78, 5) is 25.1. The van der Waals surface area contributed by atoms with E-state index in [1.165, 1.54) is 12.1 Å². The summed E-state index contributed by atoms with van der Waals surface area (Å²) in [6.07, 6.45) is 2.86. The molecule has 1 atom stereocenters. The van der Waals surface area contributed by atoms with E-state index in [9.17, 15) is 9.18 Å². The molecule has 2 heterocycles. The van der Waals surface area contributed by atoms with Gasteiger partial charge in [-0.2, -0.15) is 0 Å². The van der Waals surface area contributed by atoms with Crippen LogP contribution in [0.5, 0.6) is 0 Å². The van der Waals surface area contributed by atoms with Crippen molar-refractivity contribution in [3.05, 3.63) is 59.7 Å². The maximum Gasteiger partial charge on any atom is 0.256 e. The van der Waals surface area contributed by atoms with E-state index in [2.05, 4.69) is 9.97 Å². The van der Waals surface area contributed by atoms with Crippen LogP contribution in [0.2, 0.25) is 0 Å². The number of nitrogens with one attached hydrogen (secondary N) is 1. The Morgan fingerprint density at radius 3 is 2.85 bits per heavy atom. The predicted octanol–water partition coefficient (Wildman–Crippen LogP) is 4.14. The fourth-order valence-electron chi connectivity index (χ4n) is 3.82. The van der Waals surface area contributed by atoms with Crippen molar-refractivity contribution in [1.29, 1.82) is 0 Å². The van der Waals surface area contributed by atoms with Crippen LogP contribution in [0.1, 0.15) is 41.5 Å². The first kappa shape index (κ1) is 17.5. The number of nitrogens with zero attached hydrogens (tertiary/aromatic N) is 3. The lowest BCUT2D eigenvalue weighted by molar-refractivity contribution is 0.0602. The normalized spacial score (nSPS) is 17.3. The molecule has 27 heavy (non-hydrogen) atoms. The quantitative estimate of drug-likeness (QED) is 0.758. The van der Waals surface area contributed by atoms with E-state index in [1.807, 2.05) is 48.2 Å². The SMILES string of the molecule is CN(C)c1ccccc1C(=O)N1CCCCC1c1nc2ccc(F)cc2[nH]1. The van der Waals surface area contributed by atoms with E-state index >= 15 is 0 Å². The second-order valence-corrected chi connectivity index (χ2v) is 7.21. The second kappa shape index (κ2) is 7.02. The van der Waals surface area contributed by atoms with Gasteiger partial charge in [0.05, 0.1) is 22.6 Å². The summed E-state index contributed by atoms with van der Waals surface area (Å²) in [6, 6.07) is 12.1. The monoisotopic (exact) mass is 366 g/mol. The number of carbonyl (C=O) groups excluding carboxylic acids is 1. The lowest BCUT2D eigenvalue weighted by atomic mass is 9.99. The molecule has 1 fully saturated rings. The van der Waals surface area contributed by atoms with Crippen LogP contribution in [0, 0.1) is 5.82 Å². The molecule has 1 amide bonds. The number of piperidine rings is 1. The van der Waals surface area contributed by atoms with Gasteiger partial charge in [-0.25, -0.2) is 9.37 Å². The van der Waals surface area contributed by atoms with Crippen LogP contribution in [0.25, 0.3) is 11.0 Å². The van der Waals surface area contributed by atoms with Gasteiger partial charge in [-0.1, -0.05) is 12.1 Å². The highest BCUT2D eigenvalue weighted by Gasteiger charge is 2.32. The third-order valence-corrected chi connectivity index (χ3v) is 5.16.